The molecule has 0 aromatic rings. The van der Waals surface area contributed by atoms with E-state index in [1.54, 1.807) is 0 Å². The van der Waals surface area contributed by atoms with E-state index in [0.717, 1.165) is 25.7 Å². The summed E-state index contributed by atoms with van der Waals surface area (Å²) in [4.78, 5) is 0. The molecule has 0 unspecified atom stereocenters. The van der Waals surface area contributed by atoms with Gasteiger partial charge >= 0.3 is 0 Å². The van der Waals surface area contributed by atoms with Gasteiger partial charge in [0.1, 0.15) is 0 Å². The van der Waals surface area contributed by atoms with Gasteiger partial charge in [-0.3, -0.25) is 0 Å². The monoisotopic (exact) mass is 129 g/mol. The minimum Gasteiger partial charge on any atom is -0.393 e. The van der Waals surface area contributed by atoms with Crippen LogP contribution in [0.15, 0.2) is 0 Å². The number of aliphatic hydroxyl groups excluding tert-OH is 1. The molecule has 9 heavy (non-hydrogen) atoms. The van der Waals surface area contributed by atoms with Crippen LogP contribution in [-0.4, -0.2) is 24.3 Å². The highest BCUT2D eigenvalue weighted by Crippen LogP contribution is 2.17. The van der Waals surface area contributed by atoms with Crippen LogP contribution in [0.4, 0.5) is 0 Å². The predicted octanol–water partition coefficient (Wildman–Crippen LogP) is 0.509. The van der Waals surface area contributed by atoms with E-state index in [9.17, 15) is 0 Å². The Kier molecular flexibility index (Phi) is 2.49. The molecule has 1 fully saturated rings. The van der Waals surface area contributed by atoms with E-state index >= 15 is 0 Å². The zero-order valence-electron chi connectivity index (χ0n) is 5.93. The standard InChI is InChI=1S/C7H15NO/c1-8-6-2-4-7(9)5-3-6/h6-9H,2-5H2,1H3. The molecule has 54 valence electrons. The van der Waals surface area contributed by atoms with Gasteiger partial charge in [0.15, 0.2) is 0 Å². The van der Waals surface area contributed by atoms with Gasteiger partial charge < -0.3 is 10.4 Å². The first-order chi connectivity index (χ1) is 4.33. The second kappa shape index (κ2) is 3.18. The second-order valence-corrected chi connectivity index (χ2v) is 2.79. The third-order valence-electron chi connectivity index (χ3n) is 2.10. The lowest BCUT2D eigenvalue weighted by Crippen LogP contribution is -2.31. The molecule has 1 saturated carbocycles. The maximum absolute atomic E-state index is 9.09. The normalized spacial score (nSPS) is 36.7. The second-order valence-electron chi connectivity index (χ2n) is 2.79. The van der Waals surface area contributed by atoms with Gasteiger partial charge in [-0.25, -0.2) is 0 Å². The van der Waals surface area contributed by atoms with Crippen molar-refractivity contribution in [3.8, 4) is 0 Å². The van der Waals surface area contributed by atoms with Crippen LogP contribution in [0.1, 0.15) is 25.7 Å². The Labute approximate surface area is 56.3 Å². The molecule has 0 atom stereocenters. The van der Waals surface area contributed by atoms with Crippen molar-refractivity contribution in [3.63, 3.8) is 0 Å². The summed E-state index contributed by atoms with van der Waals surface area (Å²) in [5, 5.41) is 12.3. The van der Waals surface area contributed by atoms with Crippen molar-refractivity contribution in [1.82, 2.24) is 5.32 Å². The highest BCUT2D eigenvalue weighted by Gasteiger charge is 2.16. The Morgan fingerprint density at radius 2 is 1.78 bits per heavy atom. The highest BCUT2D eigenvalue weighted by molar-refractivity contribution is 4.74. The zero-order valence-corrected chi connectivity index (χ0v) is 5.93. The van der Waals surface area contributed by atoms with E-state index < -0.39 is 0 Å². The van der Waals surface area contributed by atoms with Crippen molar-refractivity contribution in [2.45, 2.75) is 37.8 Å². The Morgan fingerprint density at radius 1 is 1.22 bits per heavy atom. The molecule has 1 rings (SSSR count). The van der Waals surface area contributed by atoms with Crippen LogP contribution >= 0.6 is 0 Å². The summed E-state index contributed by atoms with van der Waals surface area (Å²) in [6, 6.07) is 0.661. The van der Waals surface area contributed by atoms with Crippen LogP contribution in [0.3, 0.4) is 0 Å². The quantitative estimate of drug-likeness (QED) is 0.540. The number of hydrogen-bond donors (Lipinski definition) is 2. The Morgan fingerprint density at radius 3 is 2.22 bits per heavy atom. The molecule has 0 spiro atoms. The number of rotatable bonds is 1. The van der Waals surface area contributed by atoms with Gasteiger partial charge in [0.05, 0.1) is 6.10 Å². The fraction of sp³-hybridized carbons (Fsp3) is 1.00. The van der Waals surface area contributed by atoms with E-state index in [4.69, 9.17) is 5.11 Å². The minimum absolute atomic E-state index is 0.0189. The predicted molar refractivity (Wildman–Crippen MR) is 37.3 cm³/mol. The van der Waals surface area contributed by atoms with Crippen LogP contribution in [-0.2, 0) is 0 Å². The number of nitrogens with one attached hydrogen (secondary N) is 1. The maximum atomic E-state index is 9.09. The first kappa shape index (κ1) is 7.03. The van der Waals surface area contributed by atoms with Gasteiger partial charge in [-0.15, -0.1) is 0 Å². The summed E-state index contributed by atoms with van der Waals surface area (Å²) < 4.78 is 0. The average molecular weight is 129 g/mol. The van der Waals surface area contributed by atoms with E-state index in [1.807, 2.05) is 7.05 Å². The topological polar surface area (TPSA) is 32.3 Å². The fourth-order valence-corrected chi connectivity index (χ4v) is 1.36. The van der Waals surface area contributed by atoms with Crippen LogP contribution in [0.5, 0.6) is 0 Å². The summed E-state index contributed by atoms with van der Waals surface area (Å²) in [6.07, 6.45) is 4.21. The largest absolute Gasteiger partial charge is 0.393 e. The van der Waals surface area contributed by atoms with Gasteiger partial charge in [0, 0.05) is 6.04 Å². The SMILES string of the molecule is CNC1CCC(O)CC1. The highest BCUT2D eigenvalue weighted by atomic mass is 16.3. The van der Waals surface area contributed by atoms with Crippen molar-refractivity contribution in [2.75, 3.05) is 7.05 Å². The van der Waals surface area contributed by atoms with Gasteiger partial charge in [-0.2, -0.15) is 0 Å². The minimum atomic E-state index is -0.0189. The summed E-state index contributed by atoms with van der Waals surface area (Å²) >= 11 is 0. The van der Waals surface area contributed by atoms with Crippen molar-refractivity contribution in [1.29, 1.82) is 0 Å². The lowest BCUT2D eigenvalue weighted by atomic mass is 9.93. The van der Waals surface area contributed by atoms with Gasteiger partial charge in [-0.1, -0.05) is 0 Å². The van der Waals surface area contributed by atoms with Crippen LogP contribution in [0, 0.1) is 0 Å². The molecule has 0 aliphatic heterocycles. The van der Waals surface area contributed by atoms with E-state index in [0.29, 0.717) is 6.04 Å². The summed E-state index contributed by atoms with van der Waals surface area (Å²) in [5.74, 6) is 0. The van der Waals surface area contributed by atoms with Crippen molar-refractivity contribution >= 4 is 0 Å². The van der Waals surface area contributed by atoms with Crippen LogP contribution < -0.4 is 5.32 Å². The molecule has 0 aromatic carbocycles. The number of hydrogen-bond acceptors (Lipinski definition) is 2. The average Bonchev–Trinajstić information content (AvgIpc) is 1.90. The Balaban J connectivity index is 2.18. The molecule has 2 heteroatoms. The van der Waals surface area contributed by atoms with Crippen LogP contribution in [0.2, 0.25) is 0 Å². The lowest BCUT2D eigenvalue weighted by Gasteiger charge is -2.24. The summed E-state index contributed by atoms with van der Waals surface area (Å²) in [5.41, 5.74) is 0. The molecular weight excluding hydrogens is 114 g/mol. The van der Waals surface area contributed by atoms with Gasteiger partial charge in [0.25, 0.3) is 0 Å². The first-order valence-corrected chi connectivity index (χ1v) is 3.68. The lowest BCUT2D eigenvalue weighted by molar-refractivity contribution is 0.118. The van der Waals surface area contributed by atoms with Crippen LogP contribution in [0.25, 0.3) is 0 Å². The zero-order chi connectivity index (χ0) is 6.69. The molecule has 2 nitrogen and oxygen atoms in total. The van der Waals surface area contributed by atoms with Crippen molar-refractivity contribution in [3.05, 3.63) is 0 Å². The molecule has 0 radical (unpaired) electrons. The molecule has 0 amide bonds. The molecule has 0 heterocycles. The fourth-order valence-electron chi connectivity index (χ4n) is 1.36. The molecule has 0 bridgehead atoms. The maximum Gasteiger partial charge on any atom is 0.0541 e. The smallest absolute Gasteiger partial charge is 0.0541 e. The molecular formula is C7H15NO. The third kappa shape index (κ3) is 1.95. The third-order valence-corrected chi connectivity index (χ3v) is 2.10. The van der Waals surface area contributed by atoms with E-state index in [-0.39, 0.29) is 6.10 Å². The van der Waals surface area contributed by atoms with Crippen molar-refractivity contribution in [2.24, 2.45) is 0 Å². The van der Waals surface area contributed by atoms with Gasteiger partial charge in [-0.05, 0) is 32.7 Å². The summed E-state index contributed by atoms with van der Waals surface area (Å²) in [6.45, 7) is 0. The molecule has 2 N–H and O–H groups in total. The van der Waals surface area contributed by atoms with Crippen molar-refractivity contribution < 1.29 is 5.11 Å². The van der Waals surface area contributed by atoms with E-state index in [2.05, 4.69) is 5.32 Å². The molecule has 0 saturated heterocycles. The Hall–Kier alpha value is -0.0800. The first-order valence-electron chi connectivity index (χ1n) is 3.68. The van der Waals surface area contributed by atoms with E-state index in [1.165, 1.54) is 0 Å². The summed E-state index contributed by atoms with van der Waals surface area (Å²) in [7, 11) is 1.99. The van der Waals surface area contributed by atoms with Gasteiger partial charge in [0.2, 0.25) is 0 Å². The molecule has 1 aliphatic carbocycles. The molecule has 0 aromatic heterocycles. The Bertz CT molecular complexity index is 77.0. The number of aliphatic hydroxyl groups is 1. The molecule has 1 aliphatic rings.